The molecule has 0 aliphatic rings. The van der Waals surface area contributed by atoms with Crippen LogP contribution in [-0.2, 0) is 4.79 Å². The van der Waals surface area contributed by atoms with Crippen molar-refractivity contribution in [3.63, 3.8) is 0 Å². The molecule has 1 amide bonds. The summed E-state index contributed by atoms with van der Waals surface area (Å²) in [6.45, 7) is 6.18. The van der Waals surface area contributed by atoms with E-state index in [-0.39, 0.29) is 5.91 Å². The lowest BCUT2D eigenvalue weighted by Gasteiger charge is -1.97. The van der Waals surface area contributed by atoms with Gasteiger partial charge in [-0.05, 0) is 12.5 Å². The van der Waals surface area contributed by atoms with Crippen molar-refractivity contribution in [2.75, 3.05) is 6.54 Å². The topological polar surface area (TPSA) is 29.1 Å². The van der Waals surface area contributed by atoms with E-state index in [2.05, 4.69) is 18.8 Å². The van der Waals surface area contributed by atoms with Crippen molar-refractivity contribution in [2.24, 2.45) is 0 Å². The maximum Gasteiger partial charge on any atom is 0.243 e. The van der Waals surface area contributed by atoms with Gasteiger partial charge in [0.05, 0.1) is 0 Å². The van der Waals surface area contributed by atoms with Gasteiger partial charge in [-0.3, -0.25) is 4.79 Å². The molecule has 2 nitrogen and oxygen atoms in total. The molecule has 52 valence electrons. The Labute approximate surface area is 56.0 Å². The van der Waals surface area contributed by atoms with Crippen LogP contribution in [0.1, 0.15) is 19.8 Å². The van der Waals surface area contributed by atoms with Crippen molar-refractivity contribution in [3.05, 3.63) is 12.7 Å². The van der Waals surface area contributed by atoms with E-state index in [1.807, 2.05) is 0 Å². The summed E-state index contributed by atoms with van der Waals surface area (Å²) in [5.41, 5.74) is 0. The second-order valence-electron chi connectivity index (χ2n) is 1.85. The molecule has 9 heavy (non-hydrogen) atoms. The Morgan fingerprint density at radius 1 is 1.78 bits per heavy atom. The highest BCUT2D eigenvalue weighted by atomic mass is 16.1. The molecular formula is C7H13NO. The van der Waals surface area contributed by atoms with Crippen LogP contribution in [0.25, 0.3) is 0 Å². The molecule has 0 rings (SSSR count). The third-order valence-corrected chi connectivity index (χ3v) is 1.01. The minimum Gasteiger partial charge on any atom is -0.353 e. The largest absolute Gasteiger partial charge is 0.353 e. The molecule has 0 bridgehead atoms. The Bertz CT molecular complexity index is 99.1. The molecule has 0 saturated carbocycles. The molecule has 0 fully saturated rings. The van der Waals surface area contributed by atoms with Gasteiger partial charge < -0.3 is 5.32 Å². The minimum atomic E-state index is -0.0801. The lowest BCUT2D eigenvalue weighted by molar-refractivity contribution is -0.116. The van der Waals surface area contributed by atoms with Gasteiger partial charge in [0.2, 0.25) is 5.91 Å². The highest BCUT2D eigenvalue weighted by Crippen LogP contribution is 1.81. The summed E-state index contributed by atoms with van der Waals surface area (Å²) < 4.78 is 0. The van der Waals surface area contributed by atoms with Gasteiger partial charge in [0, 0.05) is 6.54 Å². The lowest BCUT2D eigenvalue weighted by Crippen LogP contribution is -2.21. The second kappa shape index (κ2) is 5.35. The first-order chi connectivity index (χ1) is 4.31. The molecule has 0 heterocycles. The summed E-state index contributed by atoms with van der Waals surface area (Å²) >= 11 is 0. The number of nitrogens with one attached hydrogen (secondary N) is 1. The van der Waals surface area contributed by atoms with Crippen LogP contribution in [0.2, 0.25) is 0 Å². The van der Waals surface area contributed by atoms with Gasteiger partial charge in [-0.1, -0.05) is 19.9 Å². The lowest BCUT2D eigenvalue weighted by atomic mass is 10.3. The zero-order valence-electron chi connectivity index (χ0n) is 5.81. The van der Waals surface area contributed by atoms with Crippen LogP contribution in [0.5, 0.6) is 0 Å². The normalized spacial score (nSPS) is 8.56. The Morgan fingerprint density at radius 2 is 2.44 bits per heavy atom. The van der Waals surface area contributed by atoms with Crippen molar-refractivity contribution < 1.29 is 4.79 Å². The smallest absolute Gasteiger partial charge is 0.243 e. The third-order valence-electron chi connectivity index (χ3n) is 1.01. The second-order valence-corrected chi connectivity index (χ2v) is 1.85. The quantitative estimate of drug-likeness (QED) is 0.444. The molecule has 1 N–H and O–H groups in total. The van der Waals surface area contributed by atoms with Gasteiger partial charge in [0.15, 0.2) is 0 Å². The molecule has 0 aliphatic heterocycles. The summed E-state index contributed by atoms with van der Waals surface area (Å²) in [5.74, 6) is -0.0801. The molecular weight excluding hydrogens is 114 g/mol. The van der Waals surface area contributed by atoms with Crippen molar-refractivity contribution in [1.82, 2.24) is 5.32 Å². The van der Waals surface area contributed by atoms with Gasteiger partial charge in [0.1, 0.15) is 0 Å². The number of rotatable bonds is 4. The Hall–Kier alpha value is -0.790. The van der Waals surface area contributed by atoms with E-state index < -0.39 is 0 Å². The number of carbonyl (C=O) groups excluding carboxylic acids is 1. The first kappa shape index (κ1) is 8.21. The molecule has 0 atom stereocenters. The third kappa shape index (κ3) is 5.07. The fourth-order valence-electron chi connectivity index (χ4n) is 0.461. The number of carbonyl (C=O) groups is 1. The molecule has 0 spiro atoms. The van der Waals surface area contributed by atoms with Crippen molar-refractivity contribution in [3.8, 4) is 0 Å². The molecule has 0 aromatic carbocycles. The van der Waals surface area contributed by atoms with Gasteiger partial charge in [-0.15, -0.1) is 0 Å². The van der Waals surface area contributed by atoms with Gasteiger partial charge in [-0.2, -0.15) is 0 Å². The summed E-state index contributed by atoms with van der Waals surface area (Å²) in [5, 5.41) is 2.68. The first-order valence-electron chi connectivity index (χ1n) is 3.21. The molecule has 0 radical (unpaired) electrons. The Morgan fingerprint density at radius 3 is 2.89 bits per heavy atom. The molecule has 0 unspecified atom stereocenters. The Kier molecular flexibility index (Phi) is 4.88. The average molecular weight is 127 g/mol. The van der Waals surface area contributed by atoms with Crippen LogP contribution >= 0.6 is 0 Å². The molecule has 0 aromatic heterocycles. The Balaban J connectivity index is 3.07. The van der Waals surface area contributed by atoms with E-state index >= 15 is 0 Å². The molecule has 0 saturated heterocycles. The van der Waals surface area contributed by atoms with E-state index in [0.29, 0.717) is 0 Å². The predicted octanol–water partition coefficient (Wildman–Crippen LogP) is 1.09. The van der Waals surface area contributed by atoms with Gasteiger partial charge in [0.25, 0.3) is 0 Å². The fraction of sp³-hybridized carbons (Fsp3) is 0.571. The van der Waals surface area contributed by atoms with E-state index in [1.165, 1.54) is 6.08 Å². The van der Waals surface area contributed by atoms with E-state index in [0.717, 1.165) is 19.4 Å². The number of unbranched alkanes of at least 4 members (excludes halogenated alkanes) is 1. The summed E-state index contributed by atoms with van der Waals surface area (Å²) in [6, 6.07) is 0. The average Bonchev–Trinajstić information content (AvgIpc) is 1.89. The zero-order chi connectivity index (χ0) is 7.11. The number of hydrogen-bond donors (Lipinski definition) is 1. The van der Waals surface area contributed by atoms with E-state index in [4.69, 9.17) is 0 Å². The monoisotopic (exact) mass is 127 g/mol. The summed E-state index contributed by atoms with van der Waals surface area (Å²) in [7, 11) is 0. The van der Waals surface area contributed by atoms with Gasteiger partial charge in [-0.25, -0.2) is 0 Å². The summed E-state index contributed by atoms with van der Waals surface area (Å²) in [6.07, 6.45) is 3.44. The van der Waals surface area contributed by atoms with Crippen LogP contribution in [0, 0.1) is 0 Å². The highest BCUT2D eigenvalue weighted by molar-refractivity contribution is 5.86. The van der Waals surface area contributed by atoms with Crippen molar-refractivity contribution in [2.45, 2.75) is 19.8 Å². The fourth-order valence-corrected chi connectivity index (χ4v) is 0.461. The standard InChI is InChI=1S/C7H13NO/c1-3-5-6-8-7(9)4-2/h4H,2-3,5-6H2,1H3,(H,8,9). The van der Waals surface area contributed by atoms with Crippen LogP contribution in [0.3, 0.4) is 0 Å². The molecule has 0 aromatic rings. The van der Waals surface area contributed by atoms with Crippen LogP contribution in [0.15, 0.2) is 12.7 Å². The van der Waals surface area contributed by atoms with Crippen molar-refractivity contribution >= 4 is 5.91 Å². The van der Waals surface area contributed by atoms with Crippen LogP contribution in [0.4, 0.5) is 0 Å². The highest BCUT2D eigenvalue weighted by Gasteiger charge is 1.88. The van der Waals surface area contributed by atoms with Crippen LogP contribution < -0.4 is 5.32 Å². The molecule has 0 aliphatic carbocycles. The van der Waals surface area contributed by atoms with Gasteiger partial charge >= 0.3 is 0 Å². The van der Waals surface area contributed by atoms with E-state index in [9.17, 15) is 4.79 Å². The summed E-state index contributed by atoms with van der Waals surface area (Å²) in [4.78, 5) is 10.5. The molecule has 2 heteroatoms. The number of hydrogen-bond acceptors (Lipinski definition) is 1. The SMILES string of the molecule is C=CC(=O)NCCCC. The van der Waals surface area contributed by atoms with Crippen molar-refractivity contribution in [1.29, 1.82) is 0 Å². The predicted molar refractivity (Wildman–Crippen MR) is 38.1 cm³/mol. The number of amides is 1. The first-order valence-corrected chi connectivity index (χ1v) is 3.21. The maximum atomic E-state index is 10.5. The maximum absolute atomic E-state index is 10.5. The van der Waals surface area contributed by atoms with E-state index in [1.54, 1.807) is 0 Å². The zero-order valence-corrected chi connectivity index (χ0v) is 5.81. The minimum absolute atomic E-state index is 0.0801. The van der Waals surface area contributed by atoms with Crippen LogP contribution in [-0.4, -0.2) is 12.5 Å².